The van der Waals surface area contributed by atoms with Gasteiger partial charge in [0, 0.05) is 12.2 Å². The van der Waals surface area contributed by atoms with E-state index in [-0.39, 0.29) is 13.0 Å². The van der Waals surface area contributed by atoms with Crippen molar-refractivity contribution in [2.45, 2.75) is 37.5 Å². The summed E-state index contributed by atoms with van der Waals surface area (Å²) in [6, 6.07) is 6.77. The number of nitrogens with one attached hydrogen (secondary N) is 2. The third-order valence-electron chi connectivity index (χ3n) is 3.85. The second kappa shape index (κ2) is 6.66. The van der Waals surface area contributed by atoms with E-state index in [2.05, 4.69) is 28.6 Å². The second-order valence-electron chi connectivity index (χ2n) is 5.77. The van der Waals surface area contributed by atoms with E-state index in [0.29, 0.717) is 11.6 Å². The van der Waals surface area contributed by atoms with Crippen molar-refractivity contribution in [2.75, 3.05) is 18.4 Å². The standard InChI is InChI=1S/C15H22N2O4S/c1-10(2)11-4-6-12(7-5-11)17-22(19,20)13-8-14(16-9-13)15(18)21-3/h4-7,10,13-14,16-17H,8-9H2,1-3H3. The predicted octanol–water partition coefficient (Wildman–Crippen LogP) is 1.46. The lowest BCUT2D eigenvalue weighted by atomic mass is 10.0. The van der Waals surface area contributed by atoms with Gasteiger partial charge in [0.1, 0.15) is 6.04 Å². The number of rotatable bonds is 5. The minimum absolute atomic E-state index is 0.214. The van der Waals surface area contributed by atoms with E-state index in [0.717, 1.165) is 5.56 Å². The van der Waals surface area contributed by atoms with Gasteiger partial charge >= 0.3 is 5.97 Å². The molecule has 1 fully saturated rings. The molecule has 0 aromatic heterocycles. The third-order valence-corrected chi connectivity index (χ3v) is 5.61. The van der Waals surface area contributed by atoms with Crippen LogP contribution in [0.1, 0.15) is 31.7 Å². The van der Waals surface area contributed by atoms with Crippen molar-refractivity contribution < 1.29 is 17.9 Å². The molecule has 2 unspecified atom stereocenters. The highest BCUT2D eigenvalue weighted by Gasteiger charge is 2.37. The summed E-state index contributed by atoms with van der Waals surface area (Å²) < 4.78 is 32.0. The number of carbonyl (C=O) groups is 1. The van der Waals surface area contributed by atoms with Gasteiger partial charge in [-0.05, 0) is 30.0 Å². The van der Waals surface area contributed by atoms with Crippen molar-refractivity contribution in [1.82, 2.24) is 5.32 Å². The average Bonchev–Trinajstić information content (AvgIpc) is 2.97. The van der Waals surface area contributed by atoms with Gasteiger partial charge in [-0.2, -0.15) is 0 Å². The SMILES string of the molecule is COC(=O)C1CC(S(=O)(=O)Nc2ccc(C(C)C)cc2)CN1. The Hall–Kier alpha value is -1.60. The van der Waals surface area contributed by atoms with E-state index < -0.39 is 27.3 Å². The van der Waals surface area contributed by atoms with Crippen LogP contribution in [0.2, 0.25) is 0 Å². The lowest BCUT2D eigenvalue weighted by Gasteiger charge is -2.14. The molecule has 2 rings (SSSR count). The molecule has 0 amide bonds. The van der Waals surface area contributed by atoms with Crippen LogP contribution >= 0.6 is 0 Å². The lowest BCUT2D eigenvalue weighted by molar-refractivity contribution is -0.142. The van der Waals surface area contributed by atoms with E-state index in [1.807, 2.05) is 12.1 Å². The quantitative estimate of drug-likeness (QED) is 0.800. The first-order valence-corrected chi connectivity index (χ1v) is 8.81. The number of anilines is 1. The molecule has 0 aliphatic carbocycles. The summed E-state index contributed by atoms with van der Waals surface area (Å²) in [5.41, 5.74) is 1.68. The molecule has 0 spiro atoms. The van der Waals surface area contributed by atoms with Crippen molar-refractivity contribution >= 4 is 21.7 Å². The van der Waals surface area contributed by atoms with Crippen LogP contribution in [0, 0.1) is 0 Å². The number of ether oxygens (including phenoxy) is 1. The molecule has 1 aliphatic heterocycles. The fourth-order valence-corrected chi connectivity index (χ4v) is 3.84. The summed E-state index contributed by atoms with van der Waals surface area (Å²) in [7, 11) is -2.25. The molecule has 2 N–H and O–H groups in total. The molecule has 1 heterocycles. The molecule has 22 heavy (non-hydrogen) atoms. The Labute approximate surface area is 131 Å². The molecule has 0 saturated carbocycles. The zero-order valence-electron chi connectivity index (χ0n) is 13.0. The van der Waals surface area contributed by atoms with Crippen LogP contribution in [-0.4, -0.2) is 39.3 Å². The highest BCUT2D eigenvalue weighted by atomic mass is 32.2. The molecule has 2 atom stereocenters. The second-order valence-corrected chi connectivity index (χ2v) is 7.73. The zero-order chi connectivity index (χ0) is 16.3. The minimum atomic E-state index is -3.54. The van der Waals surface area contributed by atoms with Crippen molar-refractivity contribution in [3.8, 4) is 0 Å². The molecule has 1 aliphatic rings. The summed E-state index contributed by atoms with van der Waals surface area (Å²) in [5, 5.41) is 2.23. The van der Waals surface area contributed by atoms with Crippen LogP contribution < -0.4 is 10.0 Å². The van der Waals surface area contributed by atoms with Gasteiger partial charge < -0.3 is 10.1 Å². The number of methoxy groups -OCH3 is 1. The molecule has 7 heteroatoms. The van der Waals surface area contributed by atoms with Gasteiger partial charge in [-0.3, -0.25) is 9.52 Å². The largest absolute Gasteiger partial charge is 0.468 e. The van der Waals surface area contributed by atoms with Crippen LogP contribution in [0.25, 0.3) is 0 Å². The first-order chi connectivity index (χ1) is 10.3. The summed E-state index contributed by atoms with van der Waals surface area (Å²) in [5.74, 6) is -0.0375. The molecular weight excluding hydrogens is 304 g/mol. The van der Waals surface area contributed by atoms with E-state index in [9.17, 15) is 13.2 Å². The Balaban J connectivity index is 2.04. The summed E-state index contributed by atoms with van der Waals surface area (Å²) in [6.07, 6.45) is 0.214. The van der Waals surface area contributed by atoms with E-state index in [4.69, 9.17) is 0 Å². The summed E-state index contributed by atoms with van der Waals surface area (Å²) in [6.45, 7) is 4.39. The molecular formula is C15H22N2O4S. The molecule has 6 nitrogen and oxygen atoms in total. The molecule has 122 valence electrons. The minimum Gasteiger partial charge on any atom is -0.468 e. The summed E-state index contributed by atoms with van der Waals surface area (Å²) in [4.78, 5) is 11.4. The number of carbonyl (C=O) groups excluding carboxylic acids is 1. The Morgan fingerprint density at radius 2 is 1.95 bits per heavy atom. The van der Waals surface area contributed by atoms with Crippen LogP contribution in [0.5, 0.6) is 0 Å². The number of hydrogen-bond acceptors (Lipinski definition) is 5. The lowest BCUT2D eigenvalue weighted by Crippen LogP contribution is -2.31. The van der Waals surface area contributed by atoms with Crippen LogP contribution in [-0.2, 0) is 19.6 Å². The van der Waals surface area contributed by atoms with Gasteiger partial charge in [0.15, 0.2) is 0 Å². The Morgan fingerprint density at radius 3 is 2.50 bits per heavy atom. The zero-order valence-corrected chi connectivity index (χ0v) is 13.8. The maximum absolute atomic E-state index is 12.4. The van der Waals surface area contributed by atoms with Crippen LogP contribution in [0.3, 0.4) is 0 Å². The molecule has 1 aromatic carbocycles. The monoisotopic (exact) mass is 326 g/mol. The van der Waals surface area contributed by atoms with Crippen molar-refractivity contribution in [1.29, 1.82) is 0 Å². The predicted molar refractivity (Wildman–Crippen MR) is 85.3 cm³/mol. The fraction of sp³-hybridized carbons (Fsp3) is 0.533. The first kappa shape index (κ1) is 16.8. The Morgan fingerprint density at radius 1 is 1.32 bits per heavy atom. The number of hydrogen-bond donors (Lipinski definition) is 2. The molecule has 0 radical (unpaired) electrons. The Kier molecular flexibility index (Phi) is 5.08. The third kappa shape index (κ3) is 3.78. The highest BCUT2D eigenvalue weighted by Crippen LogP contribution is 2.21. The summed E-state index contributed by atoms with van der Waals surface area (Å²) >= 11 is 0. The highest BCUT2D eigenvalue weighted by molar-refractivity contribution is 7.93. The van der Waals surface area contributed by atoms with E-state index in [1.54, 1.807) is 12.1 Å². The van der Waals surface area contributed by atoms with Gasteiger partial charge in [-0.15, -0.1) is 0 Å². The topological polar surface area (TPSA) is 84.5 Å². The molecule has 1 aromatic rings. The van der Waals surface area contributed by atoms with E-state index in [1.165, 1.54) is 7.11 Å². The smallest absolute Gasteiger partial charge is 0.322 e. The molecule has 0 bridgehead atoms. The number of benzene rings is 1. The van der Waals surface area contributed by atoms with Crippen molar-refractivity contribution in [2.24, 2.45) is 0 Å². The van der Waals surface area contributed by atoms with Gasteiger partial charge in [-0.1, -0.05) is 26.0 Å². The number of sulfonamides is 1. The van der Waals surface area contributed by atoms with Gasteiger partial charge in [0.05, 0.1) is 12.4 Å². The van der Waals surface area contributed by atoms with Gasteiger partial charge in [0.2, 0.25) is 10.0 Å². The van der Waals surface area contributed by atoms with Gasteiger partial charge in [-0.25, -0.2) is 8.42 Å². The maximum Gasteiger partial charge on any atom is 0.322 e. The van der Waals surface area contributed by atoms with Crippen LogP contribution in [0.15, 0.2) is 24.3 Å². The van der Waals surface area contributed by atoms with Crippen LogP contribution in [0.4, 0.5) is 5.69 Å². The molecule has 1 saturated heterocycles. The van der Waals surface area contributed by atoms with E-state index >= 15 is 0 Å². The fourth-order valence-electron chi connectivity index (χ4n) is 2.45. The van der Waals surface area contributed by atoms with Gasteiger partial charge in [0.25, 0.3) is 0 Å². The maximum atomic E-state index is 12.4. The Bertz CT molecular complexity index is 625. The first-order valence-electron chi connectivity index (χ1n) is 7.26. The average molecular weight is 326 g/mol. The number of esters is 1. The van der Waals surface area contributed by atoms with Crippen molar-refractivity contribution in [3.05, 3.63) is 29.8 Å². The van der Waals surface area contributed by atoms with Crippen molar-refractivity contribution in [3.63, 3.8) is 0 Å². The normalized spacial score (nSPS) is 21.8.